The number of benzene rings is 1. The van der Waals surface area contributed by atoms with Gasteiger partial charge in [-0.1, -0.05) is 23.2 Å². The highest BCUT2D eigenvalue weighted by atomic mass is 35.5. The van der Waals surface area contributed by atoms with E-state index < -0.39 is 5.97 Å². The van der Waals surface area contributed by atoms with Crippen molar-refractivity contribution in [3.8, 4) is 5.75 Å². The van der Waals surface area contributed by atoms with E-state index >= 15 is 0 Å². The van der Waals surface area contributed by atoms with Crippen LogP contribution in [0.4, 0.5) is 0 Å². The van der Waals surface area contributed by atoms with Gasteiger partial charge in [0.1, 0.15) is 17.5 Å². The second-order valence-electron chi connectivity index (χ2n) is 3.87. The monoisotopic (exact) mass is 311 g/mol. The molecule has 0 saturated heterocycles. The van der Waals surface area contributed by atoms with E-state index in [-0.39, 0.29) is 6.61 Å². The molecule has 0 aliphatic heterocycles. The lowest BCUT2D eigenvalue weighted by atomic mass is 10.2. The quantitative estimate of drug-likeness (QED) is 0.637. The maximum atomic E-state index is 11.8. The molecule has 0 spiro atoms. The molecule has 0 saturated carbocycles. The first-order chi connectivity index (χ1) is 9.60. The number of rotatable bonds is 4. The van der Waals surface area contributed by atoms with Gasteiger partial charge in [-0.2, -0.15) is 0 Å². The van der Waals surface area contributed by atoms with Crippen LogP contribution in [-0.4, -0.2) is 18.1 Å². The van der Waals surface area contributed by atoms with Gasteiger partial charge in [-0.3, -0.25) is 0 Å². The standard InChI is InChI=1S/C14H11Cl2NO3/c1-19-10-4-2-9(3-5-10)14(18)20-8-12-11(15)6-7-13(16)17-12/h2-7H,8H2,1H3. The minimum Gasteiger partial charge on any atom is -0.497 e. The lowest BCUT2D eigenvalue weighted by Gasteiger charge is -2.07. The van der Waals surface area contributed by atoms with Crippen LogP contribution < -0.4 is 4.74 Å². The lowest BCUT2D eigenvalue weighted by molar-refractivity contribution is 0.0468. The molecule has 0 atom stereocenters. The van der Waals surface area contributed by atoms with Gasteiger partial charge >= 0.3 is 5.97 Å². The fourth-order valence-electron chi connectivity index (χ4n) is 1.50. The minimum absolute atomic E-state index is 0.0374. The molecular weight excluding hydrogens is 301 g/mol. The average Bonchev–Trinajstić information content (AvgIpc) is 2.48. The fourth-order valence-corrected chi connectivity index (χ4v) is 1.83. The van der Waals surface area contributed by atoms with Crippen molar-refractivity contribution < 1.29 is 14.3 Å². The number of carbonyl (C=O) groups is 1. The van der Waals surface area contributed by atoms with Gasteiger partial charge < -0.3 is 9.47 Å². The van der Waals surface area contributed by atoms with Crippen LogP contribution in [0.2, 0.25) is 10.2 Å². The Hall–Kier alpha value is -1.78. The number of halogens is 2. The van der Waals surface area contributed by atoms with Crippen molar-refractivity contribution >= 4 is 29.2 Å². The van der Waals surface area contributed by atoms with E-state index in [1.807, 2.05) is 0 Å². The van der Waals surface area contributed by atoms with Crippen LogP contribution in [0.15, 0.2) is 36.4 Å². The summed E-state index contributed by atoms with van der Waals surface area (Å²) in [5.74, 6) is 0.201. The van der Waals surface area contributed by atoms with Crippen LogP contribution in [0.5, 0.6) is 5.75 Å². The van der Waals surface area contributed by atoms with Gasteiger partial charge in [0, 0.05) is 0 Å². The molecular formula is C14H11Cl2NO3. The first kappa shape index (κ1) is 14.6. The Morgan fingerprint density at radius 2 is 1.85 bits per heavy atom. The van der Waals surface area contributed by atoms with Gasteiger partial charge in [-0.05, 0) is 36.4 Å². The highest BCUT2D eigenvalue weighted by Gasteiger charge is 2.10. The summed E-state index contributed by atoms with van der Waals surface area (Å²) in [6.45, 7) is -0.0374. The zero-order valence-corrected chi connectivity index (χ0v) is 12.1. The van der Waals surface area contributed by atoms with Crippen molar-refractivity contribution in [3.63, 3.8) is 0 Å². The summed E-state index contributed by atoms with van der Waals surface area (Å²) in [6, 6.07) is 9.77. The zero-order chi connectivity index (χ0) is 14.5. The van der Waals surface area contributed by atoms with E-state index in [0.717, 1.165) is 0 Å². The van der Waals surface area contributed by atoms with E-state index in [4.69, 9.17) is 32.7 Å². The number of carbonyl (C=O) groups excluding carboxylic acids is 1. The number of nitrogens with zero attached hydrogens (tertiary/aromatic N) is 1. The third-order valence-corrected chi connectivity index (χ3v) is 3.10. The molecule has 4 nitrogen and oxygen atoms in total. The third kappa shape index (κ3) is 3.62. The molecule has 2 aromatic rings. The van der Waals surface area contributed by atoms with Crippen LogP contribution in [0.1, 0.15) is 16.1 Å². The first-order valence-electron chi connectivity index (χ1n) is 5.72. The predicted octanol–water partition coefficient (Wildman–Crippen LogP) is 3.75. The molecule has 0 radical (unpaired) electrons. The molecule has 20 heavy (non-hydrogen) atoms. The van der Waals surface area contributed by atoms with Gasteiger partial charge in [0.05, 0.1) is 23.4 Å². The highest BCUT2D eigenvalue weighted by Crippen LogP contribution is 2.18. The Balaban J connectivity index is 2.02. The summed E-state index contributed by atoms with van der Waals surface area (Å²) >= 11 is 11.7. The summed E-state index contributed by atoms with van der Waals surface area (Å²) < 4.78 is 10.2. The zero-order valence-electron chi connectivity index (χ0n) is 10.6. The predicted molar refractivity (Wildman–Crippen MR) is 76.4 cm³/mol. The van der Waals surface area contributed by atoms with Gasteiger partial charge in [0.2, 0.25) is 0 Å². The molecule has 104 valence electrons. The molecule has 0 amide bonds. The maximum Gasteiger partial charge on any atom is 0.338 e. The van der Waals surface area contributed by atoms with Crippen molar-refractivity contribution in [2.75, 3.05) is 7.11 Å². The van der Waals surface area contributed by atoms with E-state index in [0.29, 0.717) is 27.2 Å². The molecule has 2 rings (SSSR count). The number of esters is 1. The van der Waals surface area contributed by atoms with Crippen molar-refractivity contribution in [1.29, 1.82) is 0 Å². The van der Waals surface area contributed by atoms with Crippen LogP contribution >= 0.6 is 23.2 Å². The Bertz CT molecular complexity index is 614. The van der Waals surface area contributed by atoms with Gasteiger partial charge in [-0.25, -0.2) is 9.78 Å². The lowest BCUT2D eigenvalue weighted by Crippen LogP contribution is -2.06. The second-order valence-corrected chi connectivity index (χ2v) is 4.66. The molecule has 0 N–H and O–H groups in total. The number of ether oxygens (including phenoxy) is 2. The fraction of sp³-hybridized carbons (Fsp3) is 0.143. The van der Waals surface area contributed by atoms with Crippen molar-refractivity contribution in [1.82, 2.24) is 4.98 Å². The maximum absolute atomic E-state index is 11.8. The number of methoxy groups -OCH3 is 1. The SMILES string of the molecule is COc1ccc(C(=O)OCc2nc(Cl)ccc2Cl)cc1. The highest BCUT2D eigenvalue weighted by molar-refractivity contribution is 6.32. The van der Waals surface area contributed by atoms with E-state index in [9.17, 15) is 4.79 Å². The topological polar surface area (TPSA) is 48.4 Å². The molecule has 1 heterocycles. The summed E-state index contributed by atoms with van der Waals surface area (Å²) in [6.07, 6.45) is 0. The van der Waals surface area contributed by atoms with Crippen LogP contribution in [-0.2, 0) is 11.3 Å². The molecule has 6 heteroatoms. The van der Waals surface area contributed by atoms with Gasteiger partial charge in [0.25, 0.3) is 0 Å². The smallest absolute Gasteiger partial charge is 0.338 e. The molecule has 0 unspecified atom stereocenters. The molecule has 1 aromatic heterocycles. The molecule has 0 fully saturated rings. The van der Waals surface area contributed by atoms with Crippen molar-refractivity contribution in [2.24, 2.45) is 0 Å². The molecule has 0 aliphatic carbocycles. The summed E-state index contributed by atoms with van der Waals surface area (Å²) in [5.41, 5.74) is 0.838. The number of pyridine rings is 1. The van der Waals surface area contributed by atoms with E-state index in [1.165, 1.54) is 0 Å². The summed E-state index contributed by atoms with van der Waals surface area (Å²) in [4.78, 5) is 15.8. The Kier molecular flexibility index (Phi) is 4.82. The normalized spacial score (nSPS) is 10.2. The summed E-state index contributed by atoms with van der Waals surface area (Å²) in [5, 5.41) is 0.696. The second kappa shape index (κ2) is 6.59. The summed E-state index contributed by atoms with van der Waals surface area (Å²) in [7, 11) is 1.56. The van der Waals surface area contributed by atoms with Crippen LogP contribution in [0, 0.1) is 0 Å². The van der Waals surface area contributed by atoms with E-state index in [2.05, 4.69) is 4.98 Å². The number of hydrogen-bond donors (Lipinski definition) is 0. The molecule has 0 aliphatic rings. The van der Waals surface area contributed by atoms with Crippen molar-refractivity contribution in [3.05, 3.63) is 57.8 Å². The third-order valence-electron chi connectivity index (χ3n) is 2.55. The molecule has 0 bridgehead atoms. The van der Waals surface area contributed by atoms with Crippen LogP contribution in [0.25, 0.3) is 0 Å². The Morgan fingerprint density at radius 3 is 2.50 bits per heavy atom. The van der Waals surface area contributed by atoms with Crippen LogP contribution in [0.3, 0.4) is 0 Å². The van der Waals surface area contributed by atoms with E-state index in [1.54, 1.807) is 43.5 Å². The first-order valence-corrected chi connectivity index (χ1v) is 6.48. The Morgan fingerprint density at radius 1 is 1.15 bits per heavy atom. The Labute approximate surface area is 126 Å². The number of aromatic nitrogens is 1. The largest absolute Gasteiger partial charge is 0.497 e. The number of hydrogen-bond acceptors (Lipinski definition) is 4. The average molecular weight is 312 g/mol. The van der Waals surface area contributed by atoms with Gasteiger partial charge in [0.15, 0.2) is 0 Å². The van der Waals surface area contributed by atoms with Crippen molar-refractivity contribution in [2.45, 2.75) is 6.61 Å². The molecule has 1 aromatic carbocycles. The van der Waals surface area contributed by atoms with Gasteiger partial charge in [-0.15, -0.1) is 0 Å². The minimum atomic E-state index is -0.467.